The predicted molar refractivity (Wildman–Crippen MR) is 54.3 cm³/mol. The van der Waals surface area contributed by atoms with Gasteiger partial charge in [-0.3, -0.25) is 4.40 Å². The fraction of sp³-hybridized carbons (Fsp3) is 0.167. The molecule has 76 valence electrons. The van der Waals surface area contributed by atoms with E-state index in [9.17, 15) is 8.42 Å². The Balaban J connectivity index is 2.84. The first-order valence-corrected chi connectivity index (χ1v) is 6.35. The van der Waals surface area contributed by atoms with Crippen molar-refractivity contribution < 1.29 is 8.42 Å². The van der Waals surface area contributed by atoms with E-state index >= 15 is 0 Å². The van der Waals surface area contributed by atoms with Crippen LogP contribution in [0.5, 0.6) is 0 Å². The fourth-order valence-electron chi connectivity index (χ4n) is 1.08. The van der Waals surface area contributed by atoms with Gasteiger partial charge in [0.05, 0.1) is 0 Å². The Bertz CT molecular complexity index is 571. The lowest BCUT2D eigenvalue weighted by molar-refractivity contribution is 0.583. The molecule has 2 heterocycles. The number of sulfonamides is 1. The number of nitrogens with one attached hydrogen (secondary N) is 1. The highest BCUT2D eigenvalue weighted by Gasteiger charge is 2.23. The lowest BCUT2D eigenvalue weighted by Gasteiger charge is -1.99. The van der Waals surface area contributed by atoms with Crippen molar-refractivity contribution in [2.24, 2.45) is 0 Å². The van der Waals surface area contributed by atoms with Crippen LogP contribution >= 0.6 is 22.9 Å². The van der Waals surface area contributed by atoms with Crippen molar-refractivity contribution in [1.82, 2.24) is 14.1 Å². The van der Waals surface area contributed by atoms with Crippen LogP contribution in [0.25, 0.3) is 4.96 Å². The summed E-state index contributed by atoms with van der Waals surface area (Å²) in [7, 11) is -2.23. The van der Waals surface area contributed by atoms with Gasteiger partial charge in [-0.2, -0.15) is 0 Å². The molecule has 0 fully saturated rings. The minimum Gasteiger partial charge on any atom is -0.279 e. The lowest BCUT2D eigenvalue weighted by atomic mass is 10.9. The van der Waals surface area contributed by atoms with Crippen molar-refractivity contribution in [2.45, 2.75) is 5.03 Å². The molecule has 0 aliphatic rings. The quantitative estimate of drug-likeness (QED) is 0.865. The van der Waals surface area contributed by atoms with Crippen molar-refractivity contribution in [1.29, 1.82) is 0 Å². The number of hydrogen-bond acceptors (Lipinski definition) is 4. The van der Waals surface area contributed by atoms with Gasteiger partial charge in [0.25, 0.3) is 10.0 Å². The molecule has 8 heteroatoms. The number of fused-ring (bicyclic) bond motifs is 1. The third-order valence-electron chi connectivity index (χ3n) is 1.70. The Morgan fingerprint density at radius 1 is 1.64 bits per heavy atom. The normalized spacial score (nSPS) is 12.4. The smallest absolute Gasteiger partial charge is 0.259 e. The predicted octanol–water partition coefficient (Wildman–Crippen LogP) is 0.957. The van der Waals surface area contributed by atoms with E-state index in [0.717, 1.165) is 0 Å². The zero-order valence-corrected chi connectivity index (χ0v) is 9.45. The van der Waals surface area contributed by atoms with Gasteiger partial charge in [-0.1, -0.05) is 11.6 Å². The first-order valence-electron chi connectivity index (χ1n) is 3.61. The Kier molecular flexibility index (Phi) is 2.26. The van der Waals surface area contributed by atoms with Crippen molar-refractivity contribution in [3.05, 3.63) is 16.7 Å². The monoisotopic (exact) mass is 251 g/mol. The summed E-state index contributed by atoms with van der Waals surface area (Å²) in [6.45, 7) is 0. The molecule has 0 radical (unpaired) electrons. The highest BCUT2D eigenvalue weighted by molar-refractivity contribution is 7.89. The first-order chi connectivity index (χ1) is 6.56. The van der Waals surface area contributed by atoms with Crippen LogP contribution in [0.15, 0.2) is 16.6 Å². The van der Waals surface area contributed by atoms with Gasteiger partial charge in [0.1, 0.15) is 0 Å². The highest BCUT2D eigenvalue weighted by atomic mass is 35.5. The van der Waals surface area contributed by atoms with Crippen LogP contribution < -0.4 is 4.72 Å². The average molecular weight is 252 g/mol. The summed E-state index contributed by atoms with van der Waals surface area (Å²) in [4.78, 5) is 4.47. The number of imidazole rings is 1. The highest BCUT2D eigenvalue weighted by Crippen LogP contribution is 2.24. The number of hydrogen-bond donors (Lipinski definition) is 1. The Hall–Kier alpha value is -0.630. The van der Waals surface area contributed by atoms with Gasteiger partial charge in [-0.25, -0.2) is 18.1 Å². The summed E-state index contributed by atoms with van der Waals surface area (Å²) >= 11 is 7.05. The molecule has 0 amide bonds. The van der Waals surface area contributed by atoms with Gasteiger partial charge in [-0.05, 0) is 7.05 Å². The molecule has 0 aliphatic heterocycles. The summed E-state index contributed by atoms with van der Waals surface area (Å²) in [6, 6.07) is 0. The second-order valence-electron chi connectivity index (χ2n) is 2.47. The molecule has 0 aromatic carbocycles. The van der Waals surface area contributed by atoms with Crippen molar-refractivity contribution in [3.63, 3.8) is 0 Å². The molecular formula is C6H6ClN3O2S2. The molecular weight excluding hydrogens is 246 g/mol. The zero-order valence-electron chi connectivity index (χ0n) is 7.06. The first kappa shape index (κ1) is 9.91. The third kappa shape index (κ3) is 1.33. The SMILES string of the molecule is CNS(=O)(=O)c1c(Cl)nc2sccn12. The number of aromatic nitrogens is 2. The zero-order chi connectivity index (χ0) is 10.3. The van der Waals surface area contributed by atoms with Crippen LogP contribution in [0.3, 0.4) is 0 Å². The number of thiazole rings is 1. The Morgan fingerprint density at radius 2 is 2.36 bits per heavy atom. The summed E-state index contributed by atoms with van der Waals surface area (Å²) in [5.41, 5.74) is 0. The van der Waals surface area contributed by atoms with Crippen LogP contribution in [0, 0.1) is 0 Å². The van der Waals surface area contributed by atoms with Crippen molar-refractivity contribution in [3.8, 4) is 0 Å². The lowest BCUT2D eigenvalue weighted by Crippen LogP contribution is -2.20. The topological polar surface area (TPSA) is 63.5 Å². The largest absolute Gasteiger partial charge is 0.279 e. The molecule has 2 aromatic heterocycles. The summed E-state index contributed by atoms with van der Waals surface area (Å²) in [5, 5.41) is 1.72. The van der Waals surface area contributed by atoms with Crippen LogP contribution in [0.1, 0.15) is 0 Å². The van der Waals surface area contributed by atoms with Crippen molar-refractivity contribution >= 4 is 37.9 Å². The number of rotatable bonds is 2. The van der Waals surface area contributed by atoms with Crippen molar-refractivity contribution in [2.75, 3.05) is 7.05 Å². The molecule has 2 aromatic rings. The van der Waals surface area contributed by atoms with Gasteiger partial charge >= 0.3 is 0 Å². The number of halogens is 1. The van der Waals surface area contributed by atoms with Gasteiger partial charge in [-0.15, -0.1) is 11.3 Å². The Labute approximate surface area is 89.4 Å². The standard InChI is InChI=1S/C6H6ClN3O2S2/c1-8-14(11,12)5-4(7)9-6-10(5)2-3-13-6/h2-3,8H,1H3. The second kappa shape index (κ2) is 3.20. The fourth-order valence-corrected chi connectivity index (χ4v) is 3.24. The molecule has 2 rings (SSSR count). The second-order valence-corrected chi connectivity index (χ2v) is 5.50. The van der Waals surface area contributed by atoms with E-state index < -0.39 is 10.0 Å². The molecule has 0 atom stereocenters. The van der Waals surface area contributed by atoms with E-state index in [-0.39, 0.29) is 10.2 Å². The third-order valence-corrected chi connectivity index (χ3v) is 4.27. The van der Waals surface area contributed by atoms with E-state index in [2.05, 4.69) is 9.71 Å². The summed E-state index contributed by atoms with van der Waals surface area (Å²) in [6.07, 6.45) is 1.61. The van der Waals surface area contributed by atoms with E-state index in [1.54, 1.807) is 11.6 Å². The Morgan fingerprint density at radius 3 is 3.00 bits per heavy atom. The molecule has 0 saturated heterocycles. The molecule has 0 aliphatic carbocycles. The molecule has 0 spiro atoms. The van der Waals surface area contributed by atoms with Gasteiger partial charge in [0.2, 0.25) is 0 Å². The number of nitrogens with zero attached hydrogens (tertiary/aromatic N) is 2. The maximum Gasteiger partial charge on any atom is 0.259 e. The molecule has 14 heavy (non-hydrogen) atoms. The summed E-state index contributed by atoms with van der Waals surface area (Å²) < 4.78 is 26.7. The maximum absolute atomic E-state index is 11.5. The van der Waals surface area contributed by atoms with E-state index in [4.69, 9.17) is 11.6 Å². The molecule has 1 N–H and O–H groups in total. The van der Waals surface area contributed by atoms with Gasteiger partial charge < -0.3 is 0 Å². The molecule has 0 unspecified atom stereocenters. The minimum absolute atomic E-state index is 0.00815. The van der Waals surface area contributed by atoms with E-state index in [0.29, 0.717) is 4.96 Å². The van der Waals surface area contributed by atoms with Crippen LogP contribution in [0.2, 0.25) is 5.15 Å². The molecule has 0 bridgehead atoms. The van der Waals surface area contributed by atoms with E-state index in [1.807, 2.05) is 0 Å². The maximum atomic E-state index is 11.5. The molecule has 5 nitrogen and oxygen atoms in total. The minimum atomic E-state index is -3.56. The van der Waals surface area contributed by atoms with Crippen LogP contribution in [0.4, 0.5) is 0 Å². The van der Waals surface area contributed by atoms with Crippen LogP contribution in [-0.4, -0.2) is 24.9 Å². The van der Waals surface area contributed by atoms with Gasteiger partial charge in [0, 0.05) is 11.6 Å². The van der Waals surface area contributed by atoms with Gasteiger partial charge in [0.15, 0.2) is 15.1 Å². The van der Waals surface area contributed by atoms with E-state index in [1.165, 1.54) is 22.8 Å². The molecule has 0 saturated carbocycles. The summed E-state index contributed by atoms with van der Waals surface area (Å²) in [5.74, 6) is 0. The van der Waals surface area contributed by atoms with Crippen LogP contribution in [-0.2, 0) is 10.0 Å². The average Bonchev–Trinajstić information content (AvgIpc) is 2.62.